The van der Waals surface area contributed by atoms with Gasteiger partial charge in [0.1, 0.15) is 18.3 Å². The van der Waals surface area contributed by atoms with Crippen molar-refractivity contribution >= 4 is 5.84 Å². The molecule has 3 N–H and O–H groups in total. The molecular weight excluding hydrogens is 250 g/mol. The molecule has 0 atom stereocenters. The van der Waals surface area contributed by atoms with E-state index in [0.29, 0.717) is 12.4 Å². The van der Waals surface area contributed by atoms with Crippen molar-refractivity contribution in [1.29, 1.82) is 0 Å². The zero-order valence-electron chi connectivity index (χ0n) is 13.3. The molecule has 0 bridgehead atoms. The van der Waals surface area contributed by atoms with Crippen LogP contribution in [0.3, 0.4) is 0 Å². The summed E-state index contributed by atoms with van der Waals surface area (Å²) in [5.41, 5.74) is 8.74. The molecule has 1 aliphatic heterocycles. The number of phenols is 1. The van der Waals surface area contributed by atoms with Crippen molar-refractivity contribution in [1.82, 2.24) is 10.9 Å². The van der Waals surface area contributed by atoms with Crippen molar-refractivity contribution in [3.8, 4) is 5.75 Å². The number of hydrazine groups is 1. The Morgan fingerprint density at radius 3 is 1.85 bits per heavy atom. The molecular formula is C16H25N3O. The SMILES string of the molecule is CC(C)(C)c1cc(C2=NCNN2)cc(C(C)(C)C)c1O. The summed E-state index contributed by atoms with van der Waals surface area (Å²) in [4.78, 5) is 4.39. The Morgan fingerprint density at radius 1 is 1.00 bits per heavy atom. The first kappa shape index (κ1) is 14.9. The lowest BCUT2D eigenvalue weighted by Gasteiger charge is -2.28. The number of nitrogens with one attached hydrogen (secondary N) is 2. The molecule has 20 heavy (non-hydrogen) atoms. The molecule has 2 rings (SSSR count). The standard InChI is InChI=1S/C16H25N3O/c1-15(2,3)11-7-10(14-17-9-18-19-14)8-12(13(11)20)16(4,5)6/h7-8,18,20H,9H2,1-6H3,(H,17,19). The van der Waals surface area contributed by atoms with E-state index in [1.807, 2.05) is 12.1 Å². The van der Waals surface area contributed by atoms with Crippen LogP contribution in [0.2, 0.25) is 0 Å². The van der Waals surface area contributed by atoms with Crippen LogP contribution in [0.25, 0.3) is 0 Å². The lowest BCUT2D eigenvalue weighted by atomic mass is 9.78. The fourth-order valence-electron chi connectivity index (χ4n) is 2.36. The van der Waals surface area contributed by atoms with Crippen molar-refractivity contribution in [2.24, 2.45) is 4.99 Å². The molecule has 0 saturated carbocycles. The van der Waals surface area contributed by atoms with Crippen LogP contribution in [-0.2, 0) is 10.8 Å². The average Bonchev–Trinajstić information content (AvgIpc) is 2.79. The van der Waals surface area contributed by atoms with Crippen LogP contribution < -0.4 is 10.9 Å². The van der Waals surface area contributed by atoms with Gasteiger partial charge in [0, 0.05) is 16.7 Å². The molecule has 4 heteroatoms. The predicted octanol–water partition coefficient (Wildman–Crippen LogP) is 2.80. The van der Waals surface area contributed by atoms with Gasteiger partial charge in [-0.15, -0.1) is 0 Å². The Morgan fingerprint density at radius 2 is 1.50 bits per heavy atom. The summed E-state index contributed by atoms with van der Waals surface area (Å²) in [5.74, 6) is 1.24. The fraction of sp³-hybridized carbons (Fsp3) is 0.562. The second-order valence-electron chi connectivity index (χ2n) is 7.39. The number of aromatic hydroxyl groups is 1. The molecule has 4 nitrogen and oxygen atoms in total. The van der Waals surface area contributed by atoms with Gasteiger partial charge in [-0.3, -0.25) is 0 Å². The number of nitrogens with zero attached hydrogens (tertiary/aromatic N) is 1. The fourth-order valence-corrected chi connectivity index (χ4v) is 2.36. The van der Waals surface area contributed by atoms with Crippen LogP contribution in [-0.4, -0.2) is 17.6 Å². The Kier molecular flexibility index (Phi) is 3.54. The molecule has 1 heterocycles. The molecule has 1 aromatic rings. The van der Waals surface area contributed by atoms with E-state index in [4.69, 9.17) is 0 Å². The third kappa shape index (κ3) is 2.80. The molecule has 0 aromatic heterocycles. The lowest BCUT2D eigenvalue weighted by Crippen LogP contribution is -2.31. The summed E-state index contributed by atoms with van der Waals surface area (Å²) in [6.45, 7) is 13.2. The topological polar surface area (TPSA) is 56.7 Å². The minimum absolute atomic E-state index is 0.118. The van der Waals surface area contributed by atoms with Gasteiger partial charge in [0.15, 0.2) is 0 Å². The van der Waals surface area contributed by atoms with Gasteiger partial charge < -0.3 is 10.5 Å². The quantitative estimate of drug-likeness (QED) is 0.738. The van der Waals surface area contributed by atoms with Crippen molar-refractivity contribution in [3.05, 3.63) is 28.8 Å². The van der Waals surface area contributed by atoms with E-state index in [-0.39, 0.29) is 10.8 Å². The average molecular weight is 275 g/mol. The minimum Gasteiger partial charge on any atom is -0.507 e. The van der Waals surface area contributed by atoms with Gasteiger partial charge in [-0.1, -0.05) is 41.5 Å². The van der Waals surface area contributed by atoms with Gasteiger partial charge in [-0.05, 0) is 23.0 Å². The summed E-state index contributed by atoms with van der Waals surface area (Å²) in [6, 6.07) is 4.06. The maximum atomic E-state index is 10.7. The summed E-state index contributed by atoms with van der Waals surface area (Å²) in [7, 11) is 0. The highest BCUT2D eigenvalue weighted by molar-refractivity contribution is 6.00. The Bertz CT molecular complexity index is 513. The van der Waals surface area contributed by atoms with Crippen LogP contribution >= 0.6 is 0 Å². The van der Waals surface area contributed by atoms with Crippen LogP contribution in [0.4, 0.5) is 0 Å². The highest BCUT2D eigenvalue weighted by Gasteiger charge is 2.27. The summed E-state index contributed by atoms with van der Waals surface area (Å²) in [5, 5.41) is 10.7. The van der Waals surface area contributed by atoms with Gasteiger partial charge >= 0.3 is 0 Å². The van der Waals surface area contributed by atoms with E-state index in [1.54, 1.807) is 0 Å². The van der Waals surface area contributed by atoms with Crippen LogP contribution in [0.5, 0.6) is 5.75 Å². The van der Waals surface area contributed by atoms with Crippen molar-refractivity contribution in [2.75, 3.05) is 6.67 Å². The first-order valence-corrected chi connectivity index (χ1v) is 7.02. The molecule has 0 amide bonds. The molecule has 0 unspecified atom stereocenters. The van der Waals surface area contributed by atoms with Gasteiger partial charge in [0.2, 0.25) is 0 Å². The second kappa shape index (κ2) is 4.77. The monoisotopic (exact) mass is 275 g/mol. The highest BCUT2D eigenvalue weighted by atomic mass is 16.3. The maximum absolute atomic E-state index is 10.7. The van der Waals surface area contributed by atoms with Crippen LogP contribution in [0, 0.1) is 0 Å². The number of aliphatic imine (C=N–C) groups is 1. The largest absolute Gasteiger partial charge is 0.507 e. The number of rotatable bonds is 1. The molecule has 0 fully saturated rings. The normalized spacial score (nSPS) is 16.0. The second-order valence-corrected chi connectivity index (χ2v) is 7.39. The molecule has 0 aliphatic carbocycles. The van der Waals surface area contributed by atoms with E-state index in [2.05, 4.69) is 57.4 Å². The van der Waals surface area contributed by atoms with Gasteiger partial charge in [0.05, 0.1) is 0 Å². The van der Waals surface area contributed by atoms with Crippen LogP contribution in [0.15, 0.2) is 17.1 Å². The molecule has 0 spiro atoms. The lowest BCUT2D eigenvalue weighted by molar-refractivity contribution is 0.423. The number of phenolic OH excluding ortho intramolecular Hbond substituents is 1. The summed E-state index contributed by atoms with van der Waals surface area (Å²) in [6.07, 6.45) is 0. The number of amidine groups is 1. The predicted molar refractivity (Wildman–Crippen MR) is 83.2 cm³/mol. The molecule has 0 saturated heterocycles. The first-order valence-electron chi connectivity index (χ1n) is 7.02. The molecule has 1 aliphatic rings. The smallest absolute Gasteiger partial charge is 0.144 e. The first-order chi connectivity index (χ1) is 9.10. The Balaban J connectivity index is 2.66. The number of hydrogen-bond acceptors (Lipinski definition) is 4. The van der Waals surface area contributed by atoms with E-state index >= 15 is 0 Å². The third-order valence-electron chi connectivity index (χ3n) is 3.52. The minimum atomic E-state index is -0.118. The molecule has 0 radical (unpaired) electrons. The summed E-state index contributed by atoms with van der Waals surface area (Å²) >= 11 is 0. The van der Waals surface area contributed by atoms with Crippen molar-refractivity contribution in [2.45, 2.75) is 52.4 Å². The zero-order chi connectivity index (χ0) is 15.1. The van der Waals surface area contributed by atoms with Gasteiger partial charge in [-0.2, -0.15) is 0 Å². The number of benzene rings is 1. The molecule has 110 valence electrons. The Hall–Kier alpha value is -1.55. The van der Waals surface area contributed by atoms with Crippen LogP contribution in [0.1, 0.15) is 58.2 Å². The van der Waals surface area contributed by atoms with E-state index < -0.39 is 0 Å². The van der Waals surface area contributed by atoms with E-state index in [1.165, 1.54) is 0 Å². The number of hydrogen-bond donors (Lipinski definition) is 3. The van der Waals surface area contributed by atoms with Gasteiger partial charge in [0.25, 0.3) is 0 Å². The molecule has 1 aromatic carbocycles. The zero-order valence-corrected chi connectivity index (χ0v) is 13.3. The maximum Gasteiger partial charge on any atom is 0.144 e. The third-order valence-corrected chi connectivity index (χ3v) is 3.52. The summed E-state index contributed by atoms with van der Waals surface area (Å²) < 4.78 is 0. The van der Waals surface area contributed by atoms with E-state index in [0.717, 1.165) is 22.5 Å². The highest BCUT2D eigenvalue weighted by Crippen LogP contribution is 2.39. The van der Waals surface area contributed by atoms with Gasteiger partial charge in [-0.25, -0.2) is 10.4 Å². The van der Waals surface area contributed by atoms with Crippen molar-refractivity contribution in [3.63, 3.8) is 0 Å². The van der Waals surface area contributed by atoms with Crippen molar-refractivity contribution < 1.29 is 5.11 Å². The van der Waals surface area contributed by atoms with E-state index in [9.17, 15) is 5.11 Å². The Labute approximate surface area is 121 Å².